The van der Waals surface area contributed by atoms with Crippen LogP contribution < -0.4 is 20.1 Å². The molecule has 43 heavy (non-hydrogen) atoms. The van der Waals surface area contributed by atoms with Gasteiger partial charge in [-0.3, -0.25) is 25.7 Å². The van der Waals surface area contributed by atoms with Crippen LogP contribution in [0.5, 0.6) is 11.5 Å². The molecule has 230 valence electrons. The number of aryl methyl sites for hydroxylation is 1. The van der Waals surface area contributed by atoms with E-state index in [2.05, 4.69) is 20.8 Å². The van der Waals surface area contributed by atoms with Crippen LogP contribution in [0.1, 0.15) is 34.4 Å². The number of amidine groups is 1. The Morgan fingerprint density at radius 1 is 0.907 bits per heavy atom. The summed E-state index contributed by atoms with van der Waals surface area (Å²) >= 11 is 3.71. The van der Waals surface area contributed by atoms with Crippen molar-refractivity contribution in [1.82, 2.24) is 15.5 Å². The van der Waals surface area contributed by atoms with E-state index >= 15 is 0 Å². The van der Waals surface area contributed by atoms with E-state index in [1.807, 2.05) is 0 Å². The molecule has 15 heteroatoms. The molecule has 0 spiro atoms. The molecule has 0 radical (unpaired) electrons. The van der Waals surface area contributed by atoms with Gasteiger partial charge < -0.3 is 25.0 Å². The Morgan fingerprint density at radius 2 is 1.49 bits per heavy atom. The maximum absolute atomic E-state index is 12.8. The quantitative estimate of drug-likeness (QED) is 0.0810. The largest absolute Gasteiger partial charge is 0.496 e. The number of methoxy groups -OCH3 is 2. The molecule has 6 N–H and O–H groups in total. The second-order valence-corrected chi connectivity index (χ2v) is 12.3. The number of anilines is 1. The maximum atomic E-state index is 12.8. The van der Waals surface area contributed by atoms with Crippen molar-refractivity contribution in [3.05, 3.63) is 64.7 Å². The lowest BCUT2D eigenvalue weighted by molar-refractivity contribution is -0.122. The Kier molecular flexibility index (Phi) is 13.9. The molecule has 0 aliphatic heterocycles. The number of carbonyl (C=O) groups is 2. The van der Waals surface area contributed by atoms with Gasteiger partial charge in [0.15, 0.2) is 5.17 Å². The fraction of sp³-hybridized carbons (Fsp3) is 0.357. The number of hydrogen-bond acceptors (Lipinski definition) is 13. The molecular weight excluding hydrogens is 613 g/mol. The highest BCUT2D eigenvalue weighted by atomic mass is 32.2. The van der Waals surface area contributed by atoms with Crippen molar-refractivity contribution in [2.75, 3.05) is 44.3 Å². The van der Waals surface area contributed by atoms with Crippen LogP contribution in [-0.2, 0) is 16.0 Å². The fourth-order valence-electron chi connectivity index (χ4n) is 3.98. The molecule has 0 bridgehead atoms. The van der Waals surface area contributed by atoms with Crippen molar-refractivity contribution < 1.29 is 29.3 Å². The molecule has 0 saturated heterocycles. The zero-order valence-corrected chi connectivity index (χ0v) is 26.1. The Labute approximate surface area is 262 Å². The highest BCUT2D eigenvalue weighted by Gasteiger charge is 2.25. The van der Waals surface area contributed by atoms with Crippen molar-refractivity contribution in [2.24, 2.45) is 0 Å². The molecule has 0 saturated carbocycles. The van der Waals surface area contributed by atoms with Gasteiger partial charge in [0.2, 0.25) is 16.9 Å². The van der Waals surface area contributed by atoms with Gasteiger partial charge in [-0.25, -0.2) is 0 Å². The standard InChI is InChI=1S/C28H34N6O6S3/c1-39-21-9-5-3-7-17(21)19(15-35)25(37)31-27(30)42-23(29)11-13-41-14-12-24-33-34-28(43-24)32-26(38)20(16-36)18-8-4-6-10-22(18)40-2/h3-10,19-20,29,35-36H,11-16H2,1-2H3,(H2,30,31,37)(H,32,34,38). The number of benzene rings is 2. The smallest absolute Gasteiger partial charge is 0.236 e. The molecule has 12 nitrogen and oxygen atoms in total. The zero-order valence-electron chi connectivity index (χ0n) is 23.7. The van der Waals surface area contributed by atoms with Crippen molar-refractivity contribution >= 4 is 62.0 Å². The molecule has 2 amide bonds. The monoisotopic (exact) mass is 646 g/mol. The van der Waals surface area contributed by atoms with Gasteiger partial charge in [-0.2, -0.15) is 11.8 Å². The van der Waals surface area contributed by atoms with E-state index in [9.17, 15) is 19.8 Å². The van der Waals surface area contributed by atoms with Crippen LogP contribution in [-0.4, -0.2) is 81.4 Å². The van der Waals surface area contributed by atoms with Gasteiger partial charge in [0.05, 0.1) is 44.3 Å². The number of carbonyl (C=O) groups excluding carboxylic acids is 2. The fourth-order valence-corrected chi connectivity index (χ4v) is 6.47. The summed E-state index contributed by atoms with van der Waals surface area (Å²) in [6.07, 6.45) is 1.03. The molecule has 0 aliphatic carbocycles. The number of aromatic nitrogens is 2. The summed E-state index contributed by atoms with van der Waals surface area (Å²) in [7, 11) is 2.99. The minimum Gasteiger partial charge on any atom is -0.496 e. The second-order valence-electron chi connectivity index (χ2n) is 8.90. The minimum absolute atomic E-state index is 0.189. The summed E-state index contributed by atoms with van der Waals surface area (Å²) in [6, 6.07) is 13.9. The highest BCUT2D eigenvalue weighted by Crippen LogP contribution is 2.29. The van der Waals surface area contributed by atoms with E-state index in [0.717, 1.165) is 16.8 Å². The van der Waals surface area contributed by atoms with Crippen LogP contribution in [0.15, 0.2) is 48.5 Å². The minimum atomic E-state index is -0.903. The number of para-hydroxylation sites is 2. The lowest BCUT2D eigenvalue weighted by atomic mass is 9.98. The van der Waals surface area contributed by atoms with Crippen LogP contribution in [0, 0.1) is 10.8 Å². The van der Waals surface area contributed by atoms with E-state index in [1.54, 1.807) is 60.3 Å². The number of amides is 2. The first-order valence-corrected chi connectivity index (χ1v) is 15.9. The van der Waals surface area contributed by atoms with Crippen molar-refractivity contribution in [3.63, 3.8) is 0 Å². The van der Waals surface area contributed by atoms with Crippen molar-refractivity contribution in [2.45, 2.75) is 24.7 Å². The average molecular weight is 647 g/mol. The van der Waals surface area contributed by atoms with Crippen LogP contribution in [0.2, 0.25) is 0 Å². The van der Waals surface area contributed by atoms with Gasteiger partial charge in [-0.1, -0.05) is 47.7 Å². The van der Waals surface area contributed by atoms with Crippen LogP contribution in [0.25, 0.3) is 0 Å². The number of aliphatic hydroxyl groups is 2. The molecule has 0 aliphatic rings. The van der Waals surface area contributed by atoms with Gasteiger partial charge in [0.1, 0.15) is 16.5 Å². The summed E-state index contributed by atoms with van der Waals surface area (Å²) in [5.74, 6) is -0.349. The number of ether oxygens (including phenoxy) is 2. The first kappa shape index (κ1) is 34.0. The second kappa shape index (κ2) is 17.6. The van der Waals surface area contributed by atoms with Crippen LogP contribution >= 0.6 is 34.9 Å². The molecule has 2 atom stereocenters. The molecule has 1 heterocycles. The van der Waals surface area contributed by atoms with Crippen molar-refractivity contribution in [3.8, 4) is 11.5 Å². The van der Waals surface area contributed by atoms with E-state index in [1.165, 1.54) is 25.6 Å². The maximum Gasteiger partial charge on any atom is 0.236 e. The normalized spacial score (nSPS) is 12.2. The third-order valence-electron chi connectivity index (χ3n) is 6.12. The average Bonchev–Trinajstić information content (AvgIpc) is 3.44. The van der Waals surface area contributed by atoms with Crippen LogP contribution in [0.3, 0.4) is 0 Å². The predicted octanol–water partition coefficient (Wildman–Crippen LogP) is 3.47. The lowest BCUT2D eigenvalue weighted by Gasteiger charge is -2.17. The number of rotatable bonds is 15. The summed E-state index contributed by atoms with van der Waals surface area (Å²) in [5, 5.41) is 50.3. The first-order valence-electron chi connectivity index (χ1n) is 13.1. The molecule has 0 fully saturated rings. The Morgan fingerprint density at radius 3 is 2.07 bits per heavy atom. The zero-order chi connectivity index (χ0) is 31.2. The summed E-state index contributed by atoms with van der Waals surface area (Å²) in [5.41, 5.74) is 1.09. The number of hydrogen-bond donors (Lipinski definition) is 6. The van der Waals surface area contributed by atoms with E-state index in [4.69, 9.17) is 20.3 Å². The van der Waals surface area contributed by atoms with Gasteiger partial charge in [0, 0.05) is 24.0 Å². The molecule has 2 aromatic carbocycles. The Hall–Kier alpha value is -3.50. The number of aliphatic hydroxyl groups excluding tert-OH is 2. The topological polar surface area (TPSA) is 191 Å². The van der Waals surface area contributed by atoms with E-state index in [-0.39, 0.29) is 16.8 Å². The number of nitrogens with one attached hydrogen (secondary N) is 4. The number of thioether (sulfide) groups is 2. The van der Waals surface area contributed by atoms with Crippen LogP contribution in [0.4, 0.5) is 5.13 Å². The van der Waals surface area contributed by atoms with Crippen molar-refractivity contribution in [1.29, 1.82) is 10.8 Å². The summed E-state index contributed by atoms with van der Waals surface area (Å²) in [6.45, 7) is -0.841. The van der Waals surface area contributed by atoms with Gasteiger partial charge in [0.25, 0.3) is 0 Å². The Balaban J connectivity index is 1.37. The third-order valence-corrected chi connectivity index (χ3v) is 8.76. The van der Waals surface area contributed by atoms with E-state index < -0.39 is 30.3 Å². The molecule has 3 aromatic rings. The van der Waals surface area contributed by atoms with E-state index in [0.29, 0.717) is 52.1 Å². The molecular formula is C28H34N6O6S3. The van der Waals surface area contributed by atoms with Gasteiger partial charge >= 0.3 is 0 Å². The Bertz CT molecular complexity index is 1400. The molecule has 3 rings (SSSR count). The summed E-state index contributed by atoms with van der Waals surface area (Å²) < 4.78 is 10.6. The van der Waals surface area contributed by atoms with Gasteiger partial charge in [-0.05, 0) is 35.4 Å². The highest BCUT2D eigenvalue weighted by molar-refractivity contribution is 8.26. The third kappa shape index (κ3) is 10.0. The summed E-state index contributed by atoms with van der Waals surface area (Å²) in [4.78, 5) is 25.5. The first-order chi connectivity index (χ1) is 20.8. The molecule has 2 unspecified atom stereocenters. The molecule has 1 aromatic heterocycles. The lowest BCUT2D eigenvalue weighted by Crippen LogP contribution is -2.34. The SMILES string of the molecule is COc1ccccc1C(CO)C(=O)NC(=N)SC(=N)CCSCCc1nnc(NC(=O)C(CO)c2ccccc2OC)s1. The van der Waals surface area contributed by atoms with Gasteiger partial charge in [-0.15, -0.1) is 10.2 Å². The predicted molar refractivity (Wildman–Crippen MR) is 171 cm³/mol. The number of nitrogens with zero attached hydrogens (tertiary/aromatic N) is 2.